The van der Waals surface area contributed by atoms with Crippen molar-refractivity contribution in [1.29, 1.82) is 0 Å². The Kier molecular flexibility index (Phi) is 3.76. The maximum atomic E-state index is 10.3. The Labute approximate surface area is 157 Å². The quantitative estimate of drug-likeness (QED) is 0.517. The molecular weight excluding hydrogens is 336 g/mol. The molecule has 5 heteroatoms. The molecule has 0 saturated heterocycles. The number of fused-ring (bicyclic) bond motifs is 2. The van der Waals surface area contributed by atoms with Crippen molar-refractivity contribution < 1.29 is 5.11 Å². The van der Waals surface area contributed by atoms with E-state index in [0.717, 1.165) is 41.0 Å². The van der Waals surface area contributed by atoms with Crippen LogP contribution in [0.25, 0.3) is 10.9 Å². The molecule has 2 aromatic heterocycles. The summed E-state index contributed by atoms with van der Waals surface area (Å²) in [6.07, 6.45) is 2.71. The van der Waals surface area contributed by atoms with Gasteiger partial charge in [0.25, 0.3) is 0 Å². The molecule has 3 heterocycles. The van der Waals surface area contributed by atoms with Crippen LogP contribution in [0.1, 0.15) is 34.3 Å². The van der Waals surface area contributed by atoms with E-state index < -0.39 is 0 Å². The van der Waals surface area contributed by atoms with Crippen LogP contribution in [0.5, 0.6) is 5.75 Å². The Bertz CT molecular complexity index is 1080. The monoisotopic (exact) mass is 358 g/mol. The van der Waals surface area contributed by atoms with Crippen LogP contribution in [0.4, 0.5) is 0 Å². The highest BCUT2D eigenvalue weighted by Gasteiger charge is 2.32. The van der Waals surface area contributed by atoms with Crippen molar-refractivity contribution in [2.45, 2.75) is 25.9 Å². The van der Waals surface area contributed by atoms with Crippen molar-refractivity contribution in [3.8, 4) is 5.75 Å². The molecule has 1 atom stereocenters. The van der Waals surface area contributed by atoms with Gasteiger partial charge in [-0.05, 0) is 30.5 Å². The molecule has 4 aromatic rings. The van der Waals surface area contributed by atoms with Gasteiger partial charge in [-0.3, -0.25) is 4.90 Å². The highest BCUT2D eigenvalue weighted by atomic mass is 16.3. The zero-order valence-electron chi connectivity index (χ0n) is 15.2. The molecule has 0 saturated carbocycles. The highest BCUT2D eigenvalue weighted by Crippen LogP contribution is 2.36. The molecule has 1 aliphatic heterocycles. The summed E-state index contributed by atoms with van der Waals surface area (Å²) in [5, 5.41) is 11.5. The van der Waals surface area contributed by atoms with Crippen molar-refractivity contribution >= 4 is 10.9 Å². The van der Waals surface area contributed by atoms with Crippen LogP contribution >= 0.6 is 0 Å². The second-order valence-electron chi connectivity index (χ2n) is 7.33. The van der Waals surface area contributed by atoms with E-state index in [-0.39, 0.29) is 6.04 Å². The standard InChI is InChI=1S/C22H22N4O/c1-14-6-7-20(27)16(10-14)12-26-9-8-18-21(24-13-23-18)22(26)19-11-15-4-2-3-5-17(15)25-19/h2-7,10-11,13,22,25,27H,8-9,12H2,1H3,(H,23,24)/t22-/m1/s1. The zero-order chi connectivity index (χ0) is 18.4. The molecule has 0 aliphatic carbocycles. The van der Waals surface area contributed by atoms with Crippen molar-refractivity contribution in [2.75, 3.05) is 6.54 Å². The molecular formula is C22H22N4O. The summed E-state index contributed by atoms with van der Waals surface area (Å²) < 4.78 is 0. The Balaban J connectivity index is 1.58. The normalized spacial score (nSPS) is 17.3. The van der Waals surface area contributed by atoms with Gasteiger partial charge in [0.2, 0.25) is 0 Å². The Morgan fingerprint density at radius 1 is 1.19 bits per heavy atom. The highest BCUT2D eigenvalue weighted by molar-refractivity contribution is 5.80. The molecule has 27 heavy (non-hydrogen) atoms. The molecule has 136 valence electrons. The molecule has 0 fully saturated rings. The van der Waals surface area contributed by atoms with E-state index >= 15 is 0 Å². The molecule has 1 aliphatic rings. The average Bonchev–Trinajstić information content (AvgIpc) is 3.31. The van der Waals surface area contributed by atoms with Gasteiger partial charge < -0.3 is 15.1 Å². The lowest BCUT2D eigenvalue weighted by Gasteiger charge is -2.34. The van der Waals surface area contributed by atoms with E-state index in [9.17, 15) is 5.11 Å². The Morgan fingerprint density at radius 3 is 2.96 bits per heavy atom. The number of aromatic nitrogens is 3. The maximum absolute atomic E-state index is 10.3. The minimum Gasteiger partial charge on any atom is -0.508 e. The summed E-state index contributed by atoms with van der Waals surface area (Å²) in [4.78, 5) is 13.9. The fraction of sp³-hybridized carbons (Fsp3) is 0.227. The van der Waals surface area contributed by atoms with Crippen LogP contribution in [0.3, 0.4) is 0 Å². The van der Waals surface area contributed by atoms with Crippen molar-refractivity contribution in [3.05, 3.63) is 83.1 Å². The van der Waals surface area contributed by atoms with Gasteiger partial charge in [0.1, 0.15) is 5.75 Å². The van der Waals surface area contributed by atoms with Crippen LogP contribution < -0.4 is 0 Å². The van der Waals surface area contributed by atoms with Gasteiger partial charge in [0.05, 0.1) is 18.1 Å². The smallest absolute Gasteiger partial charge is 0.120 e. The molecule has 0 spiro atoms. The third-order valence-corrected chi connectivity index (χ3v) is 5.48. The SMILES string of the molecule is Cc1ccc(O)c(CN2CCc3[nH]cnc3[C@H]2c2cc3ccccc3[nH]2)c1. The minimum absolute atomic E-state index is 0.0345. The number of benzene rings is 2. The molecule has 5 rings (SSSR count). The summed E-state index contributed by atoms with van der Waals surface area (Å²) in [5.74, 6) is 0.351. The van der Waals surface area contributed by atoms with Gasteiger partial charge in [0.15, 0.2) is 0 Å². The summed E-state index contributed by atoms with van der Waals surface area (Å²) >= 11 is 0. The maximum Gasteiger partial charge on any atom is 0.120 e. The molecule has 0 bridgehead atoms. The molecule has 0 unspecified atom stereocenters. The first kappa shape index (κ1) is 16.1. The first-order valence-electron chi connectivity index (χ1n) is 9.31. The van der Waals surface area contributed by atoms with E-state index in [1.807, 2.05) is 12.1 Å². The number of para-hydroxylation sites is 1. The summed E-state index contributed by atoms with van der Waals surface area (Å²) in [7, 11) is 0. The van der Waals surface area contributed by atoms with Crippen molar-refractivity contribution in [1.82, 2.24) is 19.9 Å². The number of H-pyrrole nitrogens is 2. The fourth-order valence-corrected chi connectivity index (χ4v) is 4.14. The number of rotatable bonds is 3. The number of phenols is 1. The number of aromatic amines is 2. The lowest BCUT2D eigenvalue weighted by molar-refractivity contribution is 0.195. The first-order chi connectivity index (χ1) is 13.2. The van der Waals surface area contributed by atoms with Gasteiger partial charge in [-0.1, -0.05) is 35.9 Å². The van der Waals surface area contributed by atoms with Crippen LogP contribution in [0, 0.1) is 6.92 Å². The number of nitrogens with one attached hydrogen (secondary N) is 2. The van der Waals surface area contributed by atoms with E-state index in [1.165, 1.54) is 11.1 Å². The summed E-state index contributed by atoms with van der Waals surface area (Å²) in [5.41, 5.74) is 6.64. The van der Waals surface area contributed by atoms with Gasteiger partial charge in [-0.15, -0.1) is 0 Å². The lowest BCUT2D eigenvalue weighted by Crippen LogP contribution is -2.36. The molecule has 2 aromatic carbocycles. The van der Waals surface area contributed by atoms with Gasteiger partial charge in [-0.25, -0.2) is 4.98 Å². The number of hydrogen-bond donors (Lipinski definition) is 3. The van der Waals surface area contributed by atoms with Crippen LogP contribution in [-0.2, 0) is 13.0 Å². The van der Waals surface area contributed by atoms with E-state index in [2.05, 4.69) is 57.1 Å². The number of hydrogen-bond acceptors (Lipinski definition) is 3. The first-order valence-corrected chi connectivity index (χ1v) is 9.31. The molecule has 0 radical (unpaired) electrons. The van der Waals surface area contributed by atoms with Crippen LogP contribution in [-0.4, -0.2) is 31.5 Å². The molecule has 0 amide bonds. The predicted octanol–water partition coefficient (Wildman–Crippen LogP) is 4.05. The molecule has 3 N–H and O–H groups in total. The van der Waals surface area contributed by atoms with Crippen molar-refractivity contribution in [3.63, 3.8) is 0 Å². The predicted molar refractivity (Wildman–Crippen MR) is 106 cm³/mol. The van der Waals surface area contributed by atoms with E-state index in [0.29, 0.717) is 12.3 Å². The number of imidazole rings is 1. The van der Waals surface area contributed by atoms with Crippen LogP contribution in [0.2, 0.25) is 0 Å². The van der Waals surface area contributed by atoms with Gasteiger partial charge >= 0.3 is 0 Å². The van der Waals surface area contributed by atoms with Gasteiger partial charge in [-0.2, -0.15) is 0 Å². The van der Waals surface area contributed by atoms with Crippen molar-refractivity contribution in [2.24, 2.45) is 0 Å². The second kappa shape index (κ2) is 6.28. The third-order valence-electron chi connectivity index (χ3n) is 5.48. The zero-order valence-corrected chi connectivity index (χ0v) is 15.2. The van der Waals surface area contributed by atoms with E-state index in [4.69, 9.17) is 0 Å². The number of phenolic OH excluding ortho intramolecular Hbond substituents is 1. The number of nitrogens with zero attached hydrogens (tertiary/aromatic N) is 2. The Morgan fingerprint density at radius 2 is 2.07 bits per heavy atom. The Hall–Kier alpha value is -3.05. The fourth-order valence-electron chi connectivity index (χ4n) is 4.14. The average molecular weight is 358 g/mol. The largest absolute Gasteiger partial charge is 0.508 e. The van der Waals surface area contributed by atoms with Crippen LogP contribution in [0.15, 0.2) is 54.9 Å². The third kappa shape index (κ3) is 2.80. The summed E-state index contributed by atoms with van der Waals surface area (Å²) in [6.45, 7) is 3.64. The second-order valence-corrected chi connectivity index (χ2v) is 7.33. The van der Waals surface area contributed by atoms with Gasteiger partial charge in [0, 0.05) is 42.0 Å². The lowest BCUT2D eigenvalue weighted by atomic mass is 9.98. The number of aromatic hydroxyl groups is 1. The topological polar surface area (TPSA) is 67.9 Å². The summed E-state index contributed by atoms with van der Waals surface area (Å²) in [6, 6.07) is 16.4. The van der Waals surface area contributed by atoms with E-state index in [1.54, 1.807) is 12.4 Å². The minimum atomic E-state index is 0.0345. The molecule has 5 nitrogen and oxygen atoms in total. The number of aryl methyl sites for hydroxylation is 1.